The Bertz CT molecular complexity index is 2200. The number of fused-ring (bicyclic) bond motifs is 3. The number of thioether (sulfide) groups is 1. The third-order valence-electron chi connectivity index (χ3n) is 8.32. The summed E-state index contributed by atoms with van der Waals surface area (Å²) in [5.41, 5.74) is 3.65. The summed E-state index contributed by atoms with van der Waals surface area (Å²) >= 11 is 3.14. The van der Waals surface area contributed by atoms with Crippen LogP contribution in [0.3, 0.4) is 0 Å². The molecule has 0 spiro atoms. The number of nitrogens with one attached hydrogen (secondary N) is 2. The predicted molar refractivity (Wildman–Crippen MR) is 205 cm³/mol. The molecule has 6 aromatic rings. The highest BCUT2D eigenvalue weighted by Gasteiger charge is 2.32. The average Bonchev–Trinajstić information content (AvgIpc) is 3.16. The van der Waals surface area contributed by atoms with Crippen molar-refractivity contribution in [2.75, 3.05) is 10.2 Å². The summed E-state index contributed by atoms with van der Waals surface area (Å²) in [4.78, 5) is 46.2. The molecule has 0 saturated carbocycles. The van der Waals surface area contributed by atoms with Gasteiger partial charge in [-0.15, -0.1) is 11.8 Å². The first-order chi connectivity index (χ1) is 24.5. The summed E-state index contributed by atoms with van der Waals surface area (Å²) in [6.45, 7) is 2.01. The highest BCUT2D eigenvalue weighted by Crippen LogP contribution is 2.49. The van der Waals surface area contributed by atoms with Gasteiger partial charge in [0.25, 0.3) is 11.8 Å². The summed E-state index contributed by atoms with van der Waals surface area (Å²) < 4.78 is 0. The summed E-state index contributed by atoms with van der Waals surface area (Å²) in [5.74, 6) is -0.859. The molecule has 0 radical (unpaired) electrons. The highest BCUT2D eigenvalue weighted by molar-refractivity contribution is 8.00. The van der Waals surface area contributed by atoms with Gasteiger partial charge in [-0.1, -0.05) is 110 Å². The van der Waals surface area contributed by atoms with Crippen LogP contribution in [0.25, 0.3) is 16.8 Å². The summed E-state index contributed by atoms with van der Waals surface area (Å²) in [5, 5.41) is 7.43. The van der Waals surface area contributed by atoms with Crippen LogP contribution in [0.1, 0.15) is 29.3 Å². The largest absolute Gasteiger partial charge is 0.321 e. The second-order valence-electron chi connectivity index (χ2n) is 11.7. The lowest BCUT2D eigenvalue weighted by atomic mass is 10.0. The molecule has 8 heteroatoms. The highest BCUT2D eigenvalue weighted by atomic mass is 32.2. The van der Waals surface area contributed by atoms with Gasteiger partial charge in [-0.2, -0.15) is 0 Å². The zero-order valence-electron chi connectivity index (χ0n) is 27.2. The number of hydrogen-bond donors (Lipinski definition) is 2. The zero-order chi connectivity index (χ0) is 34.5. The first-order valence-corrected chi connectivity index (χ1v) is 18.0. The minimum Gasteiger partial charge on any atom is -0.321 e. The molecule has 246 valence electrons. The molecule has 0 fully saturated rings. The summed E-state index contributed by atoms with van der Waals surface area (Å²) in [6.07, 6.45) is 2.31. The molecule has 0 saturated heterocycles. The first kappa shape index (κ1) is 33.0. The standard InChI is InChI=1S/C42H33N3O3S2/c1-2-37(42(48)45-35-22-8-10-24-38(35)50-39-25-11-9-23-36(39)45)49-32-20-13-19-31(27-32)43-41(47)34(44-40(46)29-15-4-3-5-16-29)26-30-18-12-17-28-14-6-7-21-33(28)30/h3-27,37H,2H2,1H3,(H,43,47)(H,44,46)/b34-26-. The number of amides is 3. The normalized spacial score (nSPS) is 12.8. The van der Waals surface area contributed by atoms with Crippen molar-refractivity contribution >= 4 is 75.2 Å². The number of hydrogen-bond acceptors (Lipinski definition) is 5. The number of carbonyl (C=O) groups excluding carboxylic acids is 3. The minimum atomic E-state index is -0.466. The van der Waals surface area contributed by atoms with E-state index in [-0.39, 0.29) is 22.8 Å². The topological polar surface area (TPSA) is 78.5 Å². The van der Waals surface area contributed by atoms with E-state index in [4.69, 9.17) is 0 Å². The Hall–Kier alpha value is -5.57. The van der Waals surface area contributed by atoms with E-state index in [0.29, 0.717) is 17.7 Å². The molecular formula is C42H33N3O3S2. The molecule has 0 aromatic heterocycles. The van der Waals surface area contributed by atoms with E-state index in [1.54, 1.807) is 48.2 Å². The average molecular weight is 692 g/mol. The van der Waals surface area contributed by atoms with Gasteiger partial charge in [0.15, 0.2) is 0 Å². The van der Waals surface area contributed by atoms with Crippen LogP contribution in [0.15, 0.2) is 166 Å². The second-order valence-corrected chi connectivity index (χ2v) is 14.0. The maximum atomic E-state index is 14.3. The van der Waals surface area contributed by atoms with Gasteiger partial charge in [-0.05, 0) is 83.4 Å². The van der Waals surface area contributed by atoms with Crippen LogP contribution in [0, 0.1) is 0 Å². The monoisotopic (exact) mass is 691 g/mol. The smallest absolute Gasteiger partial charge is 0.272 e. The van der Waals surface area contributed by atoms with Gasteiger partial charge in [-0.25, -0.2) is 0 Å². The van der Waals surface area contributed by atoms with Crippen LogP contribution in [0.2, 0.25) is 0 Å². The van der Waals surface area contributed by atoms with E-state index in [1.807, 2.05) is 127 Å². The van der Waals surface area contributed by atoms with Crippen molar-refractivity contribution < 1.29 is 14.4 Å². The maximum Gasteiger partial charge on any atom is 0.272 e. The lowest BCUT2D eigenvalue weighted by molar-refractivity contribution is -0.117. The van der Waals surface area contributed by atoms with Crippen molar-refractivity contribution in [2.45, 2.75) is 33.3 Å². The Morgan fingerprint density at radius 1 is 0.740 bits per heavy atom. The number of rotatable bonds is 9. The van der Waals surface area contributed by atoms with Gasteiger partial charge >= 0.3 is 0 Å². The third kappa shape index (κ3) is 7.08. The van der Waals surface area contributed by atoms with Crippen LogP contribution in [-0.4, -0.2) is 23.0 Å². The van der Waals surface area contributed by atoms with Crippen LogP contribution in [0.5, 0.6) is 0 Å². The Morgan fingerprint density at radius 3 is 2.12 bits per heavy atom. The van der Waals surface area contributed by atoms with Crippen molar-refractivity contribution in [3.8, 4) is 0 Å². The first-order valence-electron chi connectivity index (χ1n) is 16.3. The van der Waals surface area contributed by atoms with Gasteiger partial charge < -0.3 is 10.6 Å². The molecule has 7 rings (SSSR count). The minimum absolute atomic E-state index is 0.00364. The summed E-state index contributed by atoms with van der Waals surface area (Å²) in [7, 11) is 0. The summed E-state index contributed by atoms with van der Waals surface area (Å²) in [6, 6.07) is 46.0. The van der Waals surface area contributed by atoms with Crippen LogP contribution < -0.4 is 15.5 Å². The number of para-hydroxylation sites is 2. The van der Waals surface area contributed by atoms with Crippen molar-refractivity contribution in [1.29, 1.82) is 0 Å². The molecule has 1 aliphatic rings. The van der Waals surface area contributed by atoms with E-state index >= 15 is 0 Å². The van der Waals surface area contributed by atoms with Gasteiger partial charge in [0, 0.05) is 25.9 Å². The zero-order valence-corrected chi connectivity index (χ0v) is 28.8. The third-order valence-corrected chi connectivity index (χ3v) is 10.8. The fourth-order valence-electron chi connectivity index (χ4n) is 5.88. The van der Waals surface area contributed by atoms with Gasteiger partial charge in [0.05, 0.1) is 16.6 Å². The Labute approximate surface area is 299 Å². The number of nitrogens with zero attached hydrogens (tertiary/aromatic N) is 1. The molecule has 3 amide bonds. The van der Waals surface area contributed by atoms with Gasteiger partial charge in [0.2, 0.25) is 5.91 Å². The molecule has 0 bridgehead atoms. The Balaban J connectivity index is 1.14. The molecule has 6 nitrogen and oxygen atoms in total. The molecule has 1 aliphatic heterocycles. The predicted octanol–water partition coefficient (Wildman–Crippen LogP) is 9.95. The number of anilines is 3. The quantitative estimate of drug-likeness (QED) is 0.117. The molecule has 1 atom stereocenters. The van der Waals surface area contributed by atoms with E-state index in [2.05, 4.69) is 10.6 Å². The van der Waals surface area contributed by atoms with Crippen LogP contribution >= 0.6 is 23.5 Å². The Kier molecular flexibility index (Phi) is 9.82. The van der Waals surface area contributed by atoms with Crippen molar-refractivity contribution in [3.63, 3.8) is 0 Å². The molecule has 1 unspecified atom stereocenters. The van der Waals surface area contributed by atoms with Gasteiger partial charge in [0.1, 0.15) is 5.70 Å². The fourth-order valence-corrected chi connectivity index (χ4v) is 7.99. The van der Waals surface area contributed by atoms with E-state index in [0.717, 1.165) is 42.4 Å². The van der Waals surface area contributed by atoms with Crippen molar-refractivity contribution in [1.82, 2.24) is 5.32 Å². The molecule has 6 aromatic carbocycles. The fraction of sp³-hybridized carbons (Fsp3) is 0.0714. The maximum absolute atomic E-state index is 14.3. The van der Waals surface area contributed by atoms with Crippen molar-refractivity contribution in [2.24, 2.45) is 0 Å². The molecular weight excluding hydrogens is 659 g/mol. The van der Waals surface area contributed by atoms with Gasteiger partial charge in [-0.3, -0.25) is 19.3 Å². The number of carbonyl (C=O) groups is 3. The van der Waals surface area contributed by atoms with E-state index < -0.39 is 5.91 Å². The van der Waals surface area contributed by atoms with Crippen molar-refractivity contribution in [3.05, 3.63) is 162 Å². The Morgan fingerprint density at radius 2 is 1.38 bits per heavy atom. The van der Waals surface area contributed by atoms with Crippen LogP contribution in [0.4, 0.5) is 17.1 Å². The molecule has 1 heterocycles. The van der Waals surface area contributed by atoms with E-state index in [1.165, 1.54) is 11.8 Å². The molecule has 50 heavy (non-hydrogen) atoms. The SMILES string of the molecule is CCC(Sc1cccc(NC(=O)/C(=C/c2cccc3ccccc23)NC(=O)c2ccccc2)c1)C(=O)N1c2ccccc2Sc2ccccc21. The second kappa shape index (κ2) is 14.9. The molecule has 0 aliphatic carbocycles. The van der Waals surface area contributed by atoms with E-state index in [9.17, 15) is 14.4 Å². The lowest BCUT2D eigenvalue weighted by Crippen LogP contribution is -2.35. The molecule has 2 N–H and O–H groups in total. The van der Waals surface area contributed by atoms with Crippen LogP contribution in [-0.2, 0) is 9.59 Å². The lowest BCUT2D eigenvalue weighted by Gasteiger charge is -2.33. The number of benzene rings is 6.